The number of unbranched alkanes of at least 4 members (excludes halogenated alkanes) is 21. The average molecular weight is 469 g/mol. The van der Waals surface area contributed by atoms with Gasteiger partial charge in [0.25, 0.3) is 0 Å². The van der Waals surface area contributed by atoms with Crippen molar-refractivity contribution in [3.8, 4) is 0 Å². The second kappa shape index (κ2) is 34.1. The fraction of sp³-hybridized carbons (Fsp3) is 1.00. The molecule has 2 heteroatoms. The van der Waals surface area contributed by atoms with E-state index < -0.39 is 0 Å². The number of rotatable bonds is 26. The summed E-state index contributed by atoms with van der Waals surface area (Å²) in [5.74, 6) is 0. The van der Waals surface area contributed by atoms with Crippen molar-refractivity contribution in [1.82, 2.24) is 10.2 Å². The van der Waals surface area contributed by atoms with Crippen LogP contribution in [0, 0.1) is 0 Å². The van der Waals surface area contributed by atoms with Gasteiger partial charge in [-0.15, -0.1) is 0 Å². The van der Waals surface area contributed by atoms with Crippen molar-refractivity contribution in [1.29, 1.82) is 0 Å². The molecule has 0 fully saturated rings. The first-order chi connectivity index (χ1) is 16.2. The highest BCUT2D eigenvalue weighted by Gasteiger charge is 1.95. The van der Waals surface area contributed by atoms with Gasteiger partial charge in [0.1, 0.15) is 0 Å². The van der Waals surface area contributed by atoms with Gasteiger partial charge in [-0.05, 0) is 26.6 Å². The van der Waals surface area contributed by atoms with Crippen LogP contribution in [0.3, 0.4) is 0 Å². The Hall–Kier alpha value is -0.0800. The van der Waals surface area contributed by atoms with Gasteiger partial charge in [-0.3, -0.25) is 4.90 Å². The molecule has 0 saturated carbocycles. The summed E-state index contributed by atoms with van der Waals surface area (Å²) < 4.78 is 0. The normalized spacial score (nSPS) is 11.1. The van der Waals surface area contributed by atoms with E-state index in [2.05, 4.69) is 45.0 Å². The first kappa shape index (κ1) is 35.1. The van der Waals surface area contributed by atoms with Gasteiger partial charge in [-0.2, -0.15) is 0 Å². The molecular weight excluding hydrogens is 400 g/mol. The van der Waals surface area contributed by atoms with Crippen LogP contribution in [0.5, 0.6) is 0 Å². The molecule has 0 aromatic rings. The predicted octanol–water partition coefficient (Wildman–Crippen LogP) is 10.5. The van der Waals surface area contributed by atoms with Gasteiger partial charge in [-0.1, -0.05) is 169 Å². The van der Waals surface area contributed by atoms with Crippen molar-refractivity contribution < 1.29 is 0 Å². The van der Waals surface area contributed by atoms with Crippen LogP contribution in [0.2, 0.25) is 0 Å². The Balaban J connectivity index is 0. The minimum atomic E-state index is 1.03. The van der Waals surface area contributed by atoms with E-state index in [1.165, 1.54) is 148 Å². The maximum atomic E-state index is 3.40. The van der Waals surface area contributed by atoms with E-state index in [-0.39, 0.29) is 0 Å². The Morgan fingerprint density at radius 3 is 0.939 bits per heavy atom. The van der Waals surface area contributed by atoms with E-state index in [1.807, 2.05) is 0 Å². The summed E-state index contributed by atoms with van der Waals surface area (Å²) in [5, 5.41) is 3.40. The molecule has 202 valence electrons. The molecule has 0 aliphatic rings. The van der Waals surface area contributed by atoms with Gasteiger partial charge in [0.05, 0.1) is 0 Å². The molecule has 0 spiro atoms. The zero-order chi connectivity index (χ0) is 24.7. The summed E-state index contributed by atoms with van der Waals surface area (Å²) in [6, 6.07) is 0. The van der Waals surface area contributed by atoms with E-state index in [0.29, 0.717) is 0 Å². The predicted molar refractivity (Wildman–Crippen MR) is 154 cm³/mol. The lowest BCUT2D eigenvalue weighted by atomic mass is 10.0. The van der Waals surface area contributed by atoms with Crippen LogP contribution in [0.1, 0.15) is 175 Å². The van der Waals surface area contributed by atoms with Crippen LogP contribution >= 0.6 is 0 Å². The van der Waals surface area contributed by atoms with Gasteiger partial charge in [-0.25, -0.2) is 0 Å². The minimum absolute atomic E-state index is 1.03. The lowest BCUT2D eigenvalue weighted by Crippen LogP contribution is -2.31. The fourth-order valence-electron chi connectivity index (χ4n) is 4.21. The highest BCUT2D eigenvalue weighted by Crippen LogP contribution is 2.14. The lowest BCUT2D eigenvalue weighted by Gasteiger charge is -2.14. The van der Waals surface area contributed by atoms with Crippen LogP contribution in [0.15, 0.2) is 0 Å². The van der Waals surface area contributed by atoms with Crippen LogP contribution in [-0.4, -0.2) is 31.7 Å². The zero-order valence-electron chi connectivity index (χ0n) is 24.3. The van der Waals surface area contributed by atoms with Crippen LogP contribution in [0.4, 0.5) is 0 Å². The molecule has 0 bridgehead atoms. The molecule has 0 aromatic heterocycles. The Labute approximate surface area is 212 Å². The van der Waals surface area contributed by atoms with E-state index in [1.54, 1.807) is 0 Å². The first-order valence-corrected chi connectivity index (χ1v) is 15.6. The summed E-state index contributed by atoms with van der Waals surface area (Å²) in [6.45, 7) is 12.3. The van der Waals surface area contributed by atoms with Crippen LogP contribution in [-0.2, 0) is 0 Å². The number of nitrogens with one attached hydrogen (secondary N) is 1. The third kappa shape index (κ3) is 36.7. The standard InChI is InChI=1S/C22H46.C9H22N2/c1-3-5-7-9-11-13-15-17-19-21-22-20-18-16-14-12-10-8-6-4-2;1-4-6-7-8-10-9-11(3)5-2/h3-22H2,1-2H3;10H,4-9H2,1-3H3. The molecule has 0 aromatic carbocycles. The Kier molecular flexibility index (Phi) is 36.2. The maximum absolute atomic E-state index is 3.40. The highest BCUT2D eigenvalue weighted by atomic mass is 15.2. The molecule has 0 amide bonds. The van der Waals surface area contributed by atoms with Gasteiger partial charge in [0.15, 0.2) is 0 Å². The third-order valence-corrected chi connectivity index (χ3v) is 6.84. The smallest absolute Gasteiger partial charge is 0.0477 e. The van der Waals surface area contributed by atoms with Gasteiger partial charge < -0.3 is 5.32 Å². The Bertz CT molecular complexity index is 285. The Morgan fingerprint density at radius 2 is 0.667 bits per heavy atom. The lowest BCUT2D eigenvalue weighted by molar-refractivity contribution is 0.321. The van der Waals surface area contributed by atoms with Crippen molar-refractivity contribution >= 4 is 0 Å². The van der Waals surface area contributed by atoms with Crippen molar-refractivity contribution in [2.75, 3.05) is 26.8 Å². The largest absolute Gasteiger partial charge is 0.304 e. The SMILES string of the molecule is CCCCCCCCCCCCCCCCCCCCCC.CCCCCNCN(C)CC. The second-order valence-electron chi connectivity index (χ2n) is 10.4. The monoisotopic (exact) mass is 469 g/mol. The van der Waals surface area contributed by atoms with Crippen molar-refractivity contribution in [3.05, 3.63) is 0 Å². The minimum Gasteiger partial charge on any atom is -0.304 e. The second-order valence-corrected chi connectivity index (χ2v) is 10.4. The fourth-order valence-corrected chi connectivity index (χ4v) is 4.21. The summed E-state index contributed by atoms with van der Waals surface area (Å²) in [7, 11) is 2.13. The van der Waals surface area contributed by atoms with Crippen molar-refractivity contribution in [2.45, 2.75) is 175 Å². The van der Waals surface area contributed by atoms with Crippen molar-refractivity contribution in [2.24, 2.45) is 0 Å². The Morgan fingerprint density at radius 1 is 0.394 bits per heavy atom. The quantitative estimate of drug-likeness (QED) is 0.100. The summed E-state index contributed by atoms with van der Waals surface area (Å²) in [5.41, 5.74) is 0. The molecule has 0 rings (SSSR count). The van der Waals surface area contributed by atoms with Gasteiger partial charge in [0.2, 0.25) is 0 Å². The molecule has 0 saturated heterocycles. The summed E-state index contributed by atoms with van der Waals surface area (Å²) in [4.78, 5) is 2.27. The number of nitrogens with zero attached hydrogens (tertiary/aromatic N) is 1. The molecule has 0 aliphatic heterocycles. The average Bonchev–Trinajstić information content (AvgIpc) is 2.83. The molecule has 2 nitrogen and oxygen atoms in total. The van der Waals surface area contributed by atoms with Crippen LogP contribution in [0.25, 0.3) is 0 Å². The molecule has 33 heavy (non-hydrogen) atoms. The van der Waals surface area contributed by atoms with Gasteiger partial charge >= 0.3 is 0 Å². The topological polar surface area (TPSA) is 15.3 Å². The number of hydrogen-bond donors (Lipinski definition) is 1. The van der Waals surface area contributed by atoms with Crippen molar-refractivity contribution in [3.63, 3.8) is 0 Å². The first-order valence-electron chi connectivity index (χ1n) is 15.6. The van der Waals surface area contributed by atoms with E-state index >= 15 is 0 Å². The molecule has 0 atom stereocenters. The molecule has 0 radical (unpaired) electrons. The van der Waals surface area contributed by atoms with E-state index in [4.69, 9.17) is 0 Å². The van der Waals surface area contributed by atoms with E-state index in [9.17, 15) is 0 Å². The molecule has 1 N–H and O–H groups in total. The summed E-state index contributed by atoms with van der Waals surface area (Å²) >= 11 is 0. The highest BCUT2D eigenvalue weighted by molar-refractivity contribution is 4.51. The third-order valence-electron chi connectivity index (χ3n) is 6.84. The molecule has 0 aliphatic carbocycles. The molecular formula is C31H68N2. The van der Waals surface area contributed by atoms with Gasteiger partial charge in [0, 0.05) is 6.67 Å². The molecule has 0 unspecified atom stereocenters. The summed E-state index contributed by atoms with van der Waals surface area (Å²) in [6.07, 6.45) is 33.4. The molecule has 0 heterocycles. The van der Waals surface area contributed by atoms with E-state index in [0.717, 1.165) is 19.8 Å². The maximum Gasteiger partial charge on any atom is 0.0477 e. The zero-order valence-corrected chi connectivity index (χ0v) is 24.3. The van der Waals surface area contributed by atoms with Crippen LogP contribution < -0.4 is 5.32 Å². The number of hydrogen-bond acceptors (Lipinski definition) is 2.